The lowest BCUT2D eigenvalue weighted by atomic mass is 9.88. The molecule has 15 heavy (non-hydrogen) atoms. The Kier molecular flexibility index (Phi) is 4.82. The Labute approximate surface area is 92.1 Å². The van der Waals surface area contributed by atoms with Gasteiger partial charge in [-0.2, -0.15) is 0 Å². The van der Waals surface area contributed by atoms with Gasteiger partial charge in [0, 0.05) is 0 Å². The number of hydrogen-bond donors (Lipinski definition) is 0. The van der Waals surface area contributed by atoms with E-state index in [1.165, 1.54) is 7.11 Å². The van der Waals surface area contributed by atoms with Crippen molar-refractivity contribution in [1.29, 1.82) is 0 Å². The molecular weight excluding hydrogens is 190 g/mol. The summed E-state index contributed by atoms with van der Waals surface area (Å²) in [6.07, 6.45) is 2.64. The number of piperidine rings is 1. The van der Waals surface area contributed by atoms with Crippen molar-refractivity contribution < 1.29 is 9.53 Å². The molecule has 1 heterocycles. The molecule has 3 heteroatoms. The van der Waals surface area contributed by atoms with Crippen LogP contribution in [0.4, 0.5) is 0 Å². The van der Waals surface area contributed by atoms with Gasteiger partial charge in [-0.05, 0) is 38.4 Å². The van der Waals surface area contributed by atoms with Crippen LogP contribution >= 0.6 is 0 Å². The van der Waals surface area contributed by atoms with Crippen LogP contribution in [-0.2, 0) is 9.53 Å². The smallest absolute Gasteiger partial charge is 0.309 e. The Balaban J connectivity index is 2.33. The topological polar surface area (TPSA) is 29.5 Å². The van der Waals surface area contributed by atoms with Gasteiger partial charge in [0.05, 0.1) is 13.5 Å². The summed E-state index contributed by atoms with van der Waals surface area (Å²) in [7, 11) is 1.43. The number of ether oxygens (including phenoxy) is 1. The van der Waals surface area contributed by atoms with E-state index in [-0.39, 0.29) is 5.97 Å². The van der Waals surface area contributed by atoms with Gasteiger partial charge in [-0.3, -0.25) is 4.79 Å². The van der Waals surface area contributed by atoms with E-state index in [9.17, 15) is 4.79 Å². The number of carbonyl (C=O) groups is 1. The summed E-state index contributed by atoms with van der Waals surface area (Å²) in [4.78, 5) is 13.5. The van der Waals surface area contributed by atoms with Crippen molar-refractivity contribution in [2.45, 2.75) is 26.2 Å². The molecule has 0 amide bonds. The number of carbonyl (C=O) groups excluding carboxylic acids is 1. The summed E-state index contributed by atoms with van der Waals surface area (Å²) in [5.74, 6) is 0.338. The normalized spacial score (nSPS) is 18.8. The molecule has 1 rings (SSSR count). The molecule has 1 aliphatic heterocycles. The van der Waals surface area contributed by atoms with Gasteiger partial charge >= 0.3 is 5.97 Å². The average molecular weight is 211 g/mol. The summed E-state index contributed by atoms with van der Waals surface area (Å²) in [5.41, 5.74) is 1.04. The van der Waals surface area contributed by atoms with Gasteiger partial charge in [0.2, 0.25) is 0 Å². The van der Waals surface area contributed by atoms with E-state index >= 15 is 0 Å². The number of nitrogens with zero attached hydrogens (tertiary/aromatic N) is 1. The van der Waals surface area contributed by atoms with Crippen molar-refractivity contribution in [2.75, 3.05) is 26.7 Å². The lowest BCUT2D eigenvalue weighted by Gasteiger charge is -2.31. The second-order valence-electron chi connectivity index (χ2n) is 4.12. The van der Waals surface area contributed by atoms with Gasteiger partial charge in [0.25, 0.3) is 0 Å². The standard InChI is InChI=1S/C12H21NO2/c1-4-13-7-5-11(6-8-13)10(2)9-12(14)15-3/h11H,2,4-9H2,1,3H3. The number of methoxy groups -OCH3 is 1. The van der Waals surface area contributed by atoms with E-state index in [1.807, 2.05) is 0 Å². The van der Waals surface area contributed by atoms with Crippen LogP contribution in [0, 0.1) is 5.92 Å². The van der Waals surface area contributed by atoms with E-state index in [2.05, 4.69) is 23.1 Å². The molecule has 0 aromatic carbocycles. The second kappa shape index (κ2) is 5.91. The molecular formula is C12H21NO2. The first kappa shape index (κ1) is 12.2. The second-order valence-corrected chi connectivity index (χ2v) is 4.12. The van der Waals surface area contributed by atoms with Crippen LogP contribution in [0.5, 0.6) is 0 Å². The van der Waals surface area contributed by atoms with Gasteiger partial charge in [-0.15, -0.1) is 0 Å². The highest BCUT2D eigenvalue weighted by molar-refractivity contribution is 5.72. The van der Waals surface area contributed by atoms with Gasteiger partial charge in [0.1, 0.15) is 0 Å². The monoisotopic (exact) mass is 211 g/mol. The van der Waals surface area contributed by atoms with Crippen molar-refractivity contribution in [3.63, 3.8) is 0 Å². The van der Waals surface area contributed by atoms with Crippen LogP contribution in [0.25, 0.3) is 0 Å². The lowest BCUT2D eigenvalue weighted by molar-refractivity contribution is -0.139. The minimum Gasteiger partial charge on any atom is -0.469 e. The van der Waals surface area contributed by atoms with Crippen molar-refractivity contribution in [3.05, 3.63) is 12.2 Å². The molecule has 0 aromatic rings. The quantitative estimate of drug-likeness (QED) is 0.525. The molecule has 0 radical (unpaired) electrons. The fourth-order valence-corrected chi connectivity index (χ4v) is 2.06. The summed E-state index contributed by atoms with van der Waals surface area (Å²) in [6, 6.07) is 0. The van der Waals surface area contributed by atoms with E-state index < -0.39 is 0 Å². The fraction of sp³-hybridized carbons (Fsp3) is 0.750. The SMILES string of the molecule is C=C(CC(=O)OC)C1CCN(CC)CC1. The predicted octanol–water partition coefficient (Wildman–Crippen LogP) is 1.84. The largest absolute Gasteiger partial charge is 0.469 e. The molecule has 1 saturated heterocycles. The third kappa shape index (κ3) is 3.67. The van der Waals surface area contributed by atoms with Crippen LogP contribution < -0.4 is 0 Å². The fourth-order valence-electron chi connectivity index (χ4n) is 2.06. The lowest BCUT2D eigenvalue weighted by Crippen LogP contribution is -2.34. The molecule has 0 bridgehead atoms. The molecule has 1 aliphatic rings. The Morgan fingerprint density at radius 2 is 2.07 bits per heavy atom. The van der Waals surface area contributed by atoms with E-state index in [0.29, 0.717) is 12.3 Å². The van der Waals surface area contributed by atoms with Crippen LogP contribution in [-0.4, -0.2) is 37.6 Å². The summed E-state index contributed by atoms with van der Waals surface area (Å²) in [6.45, 7) is 9.56. The molecule has 86 valence electrons. The molecule has 0 aliphatic carbocycles. The zero-order chi connectivity index (χ0) is 11.3. The first-order chi connectivity index (χ1) is 7.17. The zero-order valence-electron chi connectivity index (χ0n) is 9.79. The van der Waals surface area contributed by atoms with Crippen LogP contribution in [0.2, 0.25) is 0 Å². The third-order valence-corrected chi connectivity index (χ3v) is 3.21. The maximum atomic E-state index is 11.1. The maximum absolute atomic E-state index is 11.1. The van der Waals surface area contributed by atoms with Crippen molar-refractivity contribution in [2.24, 2.45) is 5.92 Å². The predicted molar refractivity (Wildman–Crippen MR) is 60.6 cm³/mol. The minimum absolute atomic E-state index is 0.169. The zero-order valence-corrected chi connectivity index (χ0v) is 9.79. The third-order valence-electron chi connectivity index (χ3n) is 3.21. The number of hydrogen-bond acceptors (Lipinski definition) is 3. The molecule has 0 unspecified atom stereocenters. The van der Waals surface area contributed by atoms with Crippen molar-refractivity contribution >= 4 is 5.97 Å². The number of esters is 1. The number of likely N-dealkylation sites (tertiary alicyclic amines) is 1. The molecule has 0 saturated carbocycles. The Morgan fingerprint density at radius 1 is 1.47 bits per heavy atom. The molecule has 0 aromatic heterocycles. The average Bonchev–Trinajstić information content (AvgIpc) is 2.29. The van der Waals surface area contributed by atoms with Crippen molar-refractivity contribution in [1.82, 2.24) is 4.90 Å². The maximum Gasteiger partial charge on any atom is 0.309 e. The number of rotatable bonds is 4. The highest BCUT2D eigenvalue weighted by Crippen LogP contribution is 2.25. The van der Waals surface area contributed by atoms with Crippen LogP contribution in [0.15, 0.2) is 12.2 Å². The first-order valence-electron chi connectivity index (χ1n) is 5.64. The highest BCUT2D eigenvalue weighted by atomic mass is 16.5. The minimum atomic E-state index is -0.169. The molecule has 1 fully saturated rings. The van der Waals surface area contributed by atoms with Crippen LogP contribution in [0.1, 0.15) is 26.2 Å². The van der Waals surface area contributed by atoms with Gasteiger partial charge in [-0.1, -0.05) is 19.1 Å². The van der Waals surface area contributed by atoms with Gasteiger partial charge in [-0.25, -0.2) is 0 Å². The Morgan fingerprint density at radius 3 is 2.53 bits per heavy atom. The molecule has 0 atom stereocenters. The van der Waals surface area contributed by atoms with Crippen molar-refractivity contribution in [3.8, 4) is 0 Å². The van der Waals surface area contributed by atoms with Gasteiger partial charge < -0.3 is 9.64 Å². The highest BCUT2D eigenvalue weighted by Gasteiger charge is 2.21. The molecule has 0 N–H and O–H groups in total. The van der Waals surface area contributed by atoms with E-state index in [4.69, 9.17) is 0 Å². The van der Waals surface area contributed by atoms with Gasteiger partial charge in [0.15, 0.2) is 0 Å². The van der Waals surface area contributed by atoms with Crippen LogP contribution in [0.3, 0.4) is 0 Å². The Bertz CT molecular complexity index is 230. The summed E-state index contributed by atoms with van der Waals surface area (Å²) >= 11 is 0. The summed E-state index contributed by atoms with van der Waals surface area (Å²) < 4.78 is 4.64. The first-order valence-corrected chi connectivity index (χ1v) is 5.64. The Hall–Kier alpha value is -0.830. The van der Waals surface area contributed by atoms with E-state index in [0.717, 1.165) is 38.0 Å². The van der Waals surface area contributed by atoms with E-state index in [1.54, 1.807) is 0 Å². The molecule has 3 nitrogen and oxygen atoms in total. The molecule has 0 spiro atoms. The summed E-state index contributed by atoms with van der Waals surface area (Å²) in [5, 5.41) is 0.